The Morgan fingerprint density at radius 2 is 0.825 bits per heavy atom. The number of benzene rings is 9. The molecule has 0 N–H and O–H groups in total. The first-order valence-electron chi connectivity index (χ1n) is 22.9. The Morgan fingerprint density at radius 3 is 1.41 bits per heavy atom. The molecule has 9 aromatic carbocycles. The van der Waals surface area contributed by atoms with Gasteiger partial charge in [0.15, 0.2) is 0 Å². The second-order valence-corrected chi connectivity index (χ2v) is 18.3. The maximum atomic E-state index is 2.55. The molecular formula is C62H47N. The van der Waals surface area contributed by atoms with Gasteiger partial charge in [0.25, 0.3) is 0 Å². The predicted octanol–water partition coefficient (Wildman–Crippen LogP) is 16.4. The van der Waals surface area contributed by atoms with E-state index in [2.05, 4.69) is 223 Å². The van der Waals surface area contributed by atoms with E-state index in [4.69, 9.17) is 0 Å². The van der Waals surface area contributed by atoms with E-state index in [1.165, 1.54) is 115 Å². The lowest BCUT2D eigenvalue weighted by molar-refractivity contribution is 0.420. The van der Waals surface area contributed by atoms with Gasteiger partial charge in [-0.2, -0.15) is 0 Å². The van der Waals surface area contributed by atoms with Gasteiger partial charge in [0.05, 0.1) is 11.1 Å². The zero-order valence-electron chi connectivity index (χ0n) is 35.3. The van der Waals surface area contributed by atoms with Gasteiger partial charge in [-0.3, -0.25) is 0 Å². The van der Waals surface area contributed by atoms with Crippen molar-refractivity contribution in [2.75, 3.05) is 4.90 Å². The Labute approximate surface area is 371 Å². The number of hydrogen-bond acceptors (Lipinski definition) is 1. The third-order valence-corrected chi connectivity index (χ3v) is 15.2. The Morgan fingerprint density at radius 1 is 0.349 bits per heavy atom. The van der Waals surface area contributed by atoms with Crippen LogP contribution in [0.5, 0.6) is 0 Å². The summed E-state index contributed by atoms with van der Waals surface area (Å²) in [6, 6.07) is 82.2. The van der Waals surface area contributed by atoms with Crippen LogP contribution >= 0.6 is 0 Å². The minimum absolute atomic E-state index is 0.431. The van der Waals surface area contributed by atoms with Crippen LogP contribution in [0.1, 0.15) is 59.4 Å². The molecule has 63 heavy (non-hydrogen) atoms. The quantitative estimate of drug-likeness (QED) is 0.155. The van der Waals surface area contributed by atoms with E-state index in [0.29, 0.717) is 5.92 Å². The number of rotatable bonds is 7. The van der Waals surface area contributed by atoms with Crippen LogP contribution in [-0.4, -0.2) is 0 Å². The highest BCUT2D eigenvalue weighted by Crippen LogP contribution is 2.63. The van der Waals surface area contributed by atoms with Gasteiger partial charge < -0.3 is 4.90 Å². The van der Waals surface area contributed by atoms with Crippen LogP contribution in [0.3, 0.4) is 0 Å². The normalized spacial score (nSPS) is 18.2. The van der Waals surface area contributed by atoms with E-state index in [1.54, 1.807) is 0 Å². The van der Waals surface area contributed by atoms with Crippen molar-refractivity contribution in [1.29, 1.82) is 0 Å². The number of anilines is 3. The van der Waals surface area contributed by atoms with E-state index in [-0.39, 0.29) is 0 Å². The van der Waals surface area contributed by atoms with E-state index < -0.39 is 5.41 Å². The van der Waals surface area contributed by atoms with Crippen molar-refractivity contribution >= 4 is 17.1 Å². The molecule has 0 radical (unpaired) electrons. The summed E-state index contributed by atoms with van der Waals surface area (Å²) in [6.45, 7) is 0. The number of fused-ring (bicyclic) bond motifs is 12. The first-order chi connectivity index (χ1) is 31.3. The molecule has 0 aliphatic heterocycles. The molecule has 2 saturated carbocycles. The fourth-order valence-corrected chi connectivity index (χ4v) is 12.6. The second-order valence-electron chi connectivity index (χ2n) is 18.3. The van der Waals surface area contributed by atoms with Crippen molar-refractivity contribution in [1.82, 2.24) is 0 Å². The number of para-hydroxylation sites is 1. The molecule has 9 aromatic rings. The summed E-state index contributed by atoms with van der Waals surface area (Å²) >= 11 is 0. The monoisotopic (exact) mass is 805 g/mol. The number of hydrogen-bond donors (Lipinski definition) is 0. The molecule has 0 heterocycles. The standard InChI is InChI=1S/C62H47N/c1-2-16-42(17-3-1)47-18-4-5-19-48(47)49-20-6-7-21-50(49)55-25-11-15-29-61(55)63(45-34-32-43(33-35-45)56-39-41-30-31-44(56)38-41)46-36-37-54-53-24-10-14-28-59(53)62(60(54)40-46)57-26-12-8-22-51(57)52-23-9-13-27-58(52)62/h1-29,32-37,40-41,44,56H,30-31,38-39H2. The van der Waals surface area contributed by atoms with Crippen molar-refractivity contribution in [2.45, 2.75) is 37.0 Å². The maximum absolute atomic E-state index is 2.55. The van der Waals surface area contributed by atoms with Crippen molar-refractivity contribution in [3.05, 3.63) is 246 Å². The van der Waals surface area contributed by atoms with Gasteiger partial charge >= 0.3 is 0 Å². The predicted molar refractivity (Wildman–Crippen MR) is 262 cm³/mol. The third-order valence-electron chi connectivity index (χ3n) is 15.2. The van der Waals surface area contributed by atoms with Crippen LogP contribution in [0.25, 0.3) is 55.6 Å². The molecule has 300 valence electrons. The van der Waals surface area contributed by atoms with Crippen LogP contribution < -0.4 is 4.90 Å². The molecule has 1 nitrogen and oxygen atoms in total. The summed E-state index contributed by atoms with van der Waals surface area (Å²) in [4.78, 5) is 2.55. The molecule has 1 heteroatoms. The molecule has 4 aliphatic rings. The molecule has 0 amide bonds. The molecule has 1 spiro atoms. The SMILES string of the molecule is c1ccc(-c2ccccc2-c2ccccc2-c2ccccc2N(c2ccc(C3CC4CCC3C4)cc2)c2ccc3c(c2)C2(c4ccccc4-c4ccccc42)c2ccccc2-3)cc1. The van der Waals surface area contributed by atoms with Crippen LogP contribution in [0, 0.1) is 11.8 Å². The Kier molecular flexibility index (Phi) is 8.35. The van der Waals surface area contributed by atoms with Gasteiger partial charge in [0, 0.05) is 16.9 Å². The largest absolute Gasteiger partial charge is 0.310 e. The van der Waals surface area contributed by atoms with Crippen LogP contribution in [0.15, 0.2) is 218 Å². The Balaban J connectivity index is 1.03. The Hall–Kier alpha value is -7.22. The average molecular weight is 806 g/mol. The average Bonchev–Trinajstić information content (AvgIpc) is 4.14. The molecular weight excluding hydrogens is 759 g/mol. The van der Waals surface area contributed by atoms with E-state index in [0.717, 1.165) is 23.2 Å². The summed E-state index contributed by atoms with van der Waals surface area (Å²) in [5, 5.41) is 0. The fraction of sp³-hybridized carbons (Fsp3) is 0.129. The smallest absolute Gasteiger partial charge is 0.0726 e. The van der Waals surface area contributed by atoms with Crippen molar-refractivity contribution in [3.63, 3.8) is 0 Å². The highest BCUT2D eigenvalue weighted by Gasteiger charge is 2.51. The molecule has 13 rings (SSSR count). The minimum Gasteiger partial charge on any atom is -0.310 e. The Bertz CT molecular complexity index is 3150. The summed E-state index contributed by atoms with van der Waals surface area (Å²) < 4.78 is 0. The van der Waals surface area contributed by atoms with E-state index in [1.807, 2.05) is 0 Å². The molecule has 0 saturated heterocycles. The summed E-state index contributed by atoms with van der Waals surface area (Å²) in [5.41, 5.74) is 22.6. The molecule has 3 atom stereocenters. The van der Waals surface area contributed by atoms with Crippen LogP contribution in [0.4, 0.5) is 17.1 Å². The topological polar surface area (TPSA) is 3.24 Å². The molecule has 2 bridgehead atoms. The lowest BCUT2D eigenvalue weighted by atomic mass is 9.70. The maximum Gasteiger partial charge on any atom is 0.0726 e. The van der Waals surface area contributed by atoms with Crippen LogP contribution in [-0.2, 0) is 5.41 Å². The van der Waals surface area contributed by atoms with Gasteiger partial charge in [-0.15, -0.1) is 0 Å². The lowest BCUT2D eigenvalue weighted by Crippen LogP contribution is -2.26. The first kappa shape index (κ1) is 36.4. The van der Waals surface area contributed by atoms with E-state index >= 15 is 0 Å². The van der Waals surface area contributed by atoms with Crippen molar-refractivity contribution in [2.24, 2.45) is 11.8 Å². The van der Waals surface area contributed by atoms with Gasteiger partial charge in [0.2, 0.25) is 0 Å². The lowest BCUT2D eigenvalue weighted by Gasteiger charge is -2.33. The van der Waals surface area contributed by atoms with Crippen molar-refractivity contribution in [3.8, 4) is 55.6 Å². The molecule has 2 fully saturated rings. The molecule has 3 unspecified atom stereocenters. The third kappa shape index (κ3) is 5.49. The first-order valence-corrected chi connectivity index (χ1v) is 22.9. The van der Waals surface area contributed by atoms with Crippen molar-refractivity contribution < 1.29 is 0 Å². The van der Waals surface area contributed by atoms with E-state index in [9.17, 15) is 0 Å². The van der Waals surface area contributed by atoms with Gasteiger partial charge in [-0.25, -0.2) is 0 Å². The molecule has 4 aliphatic carbocycles. The molecule has 0 aromatic heterocycles. The highest BCUT2D eigenvalue weighted by atomic mass is 15.1. The summed E-state index contributed by atoms with van der Waals surface area (Å²) in [7, 11) is 0. The van der Waals surface area contributed by atoms with Crippen LogP contribution in [0.2, 0.25) is 0 Å². The highest BCUT2D eigenvalue weighted by molar-refractivity contribution is 5.99. The van der Waals surface area contributed by atoms with Gasteiger partial charge in [-0.05, 0) is 145 Å². The number of nitrogens with zero attached hydrogens (tertiary/aromatic N) is 1. The van der Waals surface area contributed by atoms with Gasteiger partial charge in [-0.1, -0.05) is 194 Å². The minimum atomic E-state index is -0.431. The summed E-state index contributed by atoms with van der Waals surface area (Å²) in [5.74, 6) is 2.42. The van der Waals surface area contributed by atoms with Gasteiger partial charge in [0.1, 0.15) is 0 Å². The summed E-state index contributed by atoms with van der Waals surface area (Å²) in [6.07, 6.45) is 5.55. The fourth-order valence-electron chi connectivity index (χ4n) is 12.6. The second kappa shape index (κ2) is 14.4. The zero-order chi connectivity index (χ0) is 41.5. The zero-order valence-corrected chi connectivity index (χ0v) is 35.3.